The van der Waals surface area contributed by atoms with Crippen LogP contribution in [0, 0.1) is 18.8 Å². The summed E-state index contributed by atoms with van der Waals surface area (Å²) in [5.74, 6) is -2.52. The summed E-state index contributed by atoms with van der Waals surface area (Å²) in [5.41, 5.74) is 0.824. The van der Waals surface area contributed by atoms with Crippen LogP contribution in [0.25, 0.3) is 0 Å². The van der Waals surface area contributed by atoms with Crippen LogP contribution in [-0.2, 0) is 19.1 Å². The second kappa shape index (κ2) is 12.9. The van der Waals surface area contributed by atoms with E-state index in [1.807, 2.05) is 49.4 Å². The van der Waals surface area contributed by atoms with Crippen LogP contribution in [0.1, 0.15) is 24.8 Å². The summed E-state index contributed by atoms with van der Waals surface area (Å²) in [5, 5.41) is 9.90. The van der Waals surface area contributed by atoms with Crippen LogP contribution < -0.4 is 9.80 Å². The van der Waals surface area contributed by atoms with Gasteiger partial charge in [0.25, 0.3) is 5.91 Å². The fourth-order valence-corrected chi connectivity index (χ4v) is 8.36. The molecule has 0 saturated carbocycles. The largest absolute Gasteiger partial charge is 0.396 e. The van der Waals surface area contributed by atoms with E-state index in [1.165, 1.54) is 0 Å². The predicted molar refractivity (Wildman–Crippen MR) is 171 cm³/mol. The Hall–Kier alpha value is -2.98. The number of para-hydroxylation sites is 2. The molecule has 228 valence electrons. The van der Waals surface area contributed by atoms with Crippen molar-refractivity contribution in [2.75, 3.05) is 36.0 Å². The van der Waals surface area contributed by atoms with Gasteiger partial charge in [-0.3, -0.25) is 14.4 Å². The molecule has 3 saturated heterocycles. The van der Waals surface area contributed by atoms with Gasteiger partial charge in [0.2, 0.25) is 11.8 Å². The number of amides is 3. The van der Waals surface area contributed by atoms with Crippen LogP contribution in [0.15, 0.2) is 73.8 Å². The van der Waals surface area contributed by atoms with E-state index in [9.17, 15) is 19.5 Å². The maximum Gasteiger partial charge on any atom is 0.253 e. The van der Waals surface area contributed by atoms with Crippen molar-refractivity contribution >= 4 is 56.6 Å². The molecule has 2 aromatic rings. The van der Waals surface area contributed by atoms with Crippen molar-refractivity contribution in [3.63, 3.8) is 0 Å². The molecule has 0 aliphatic carbocycles. The number of unbranched alkanes of at least 4 members (excludes halogenated alkanes) is 1. The van der Waals surface area contributed by atoms with Gasteiger partial charge in [-0.05, 0) is 49.9 Å². The summed E-state index contributed by atoms with van der Waals surface area (Å²) in [6.45, 7) is 10.2. The SMILES string of the molecule is C=CCN(C(=O)[C@H]1[C@@H]2OC3(CC2Br)C(C(=O)N(CC=C)c2c(C)cccc2Cl)N(CCCCO)C(=O)[C@H]13)c1ccccc1. The van der Waals surface area contributed by atoms with Crippen molar-refractivity contribution in [2.45, 2.75) is 48.8 Å². The third-order valence-corrected chi connectivity index (χ3v) is 9.95. The summed E-state index contributed by atoms with van der Waals surface area (Å²) < 4.78 is 6.72. The number of rotatable bonds is 12. The number of anilines is 2. The Morgan fingerprint density at radius 3 is 2.44 bits per heavy atom. The van der Waals surface area contributed by atoms with Gasteiger partial charge in [0.1, 0.15) is 11.6 Å². The van der Waals surface area contributed by atoms with E-state index in [4.69, 9.17) is 16.3 Å². The number of alkyl halides is 1. The molecule has 0 radical (unpaired) electrons. The van der Waals surface area contributed by atoms with Crippen molar-refractivity contribution in [2.24, 2.45) is 11.8 Å². The zero-order valence-electron chi connectivity index (χ0n) is 24.2. The Morgan fingerprint density at radius 1 is 1.09 bits per heavy atom. The number of benzene rings is 2. The standard InChI is InChI=1S/C33H37BrClN3O5/c1-4-16-36(22-13-7-6-8-14-22)30(40)25-26-31(41)38(18-9-10-19-39)29(33(26)20-23(34)28(25)43-33)32(42)37(17-5-2)27-21(3)12-11-15-24(27)35/h4-8,11-15,23,25-26,28-29,39H,1-2,9-10,16-20H2,3H3/t23?,25-,26+,28-,29?,33?/m1/s1. The number of hydrogen-bond donors (Lipinski definition) is 1. The van der Waals surface area contributed by atoms with E-state index in [0.717, 1.165) is 5.56 Å². The van der Waals surface area contributed by atoms with Gasteiger partial charge in [0, 0.05) is 36.8 Å². The maximum atomic E-state index is 14.8. The Morgan fingerprint density at radius 2 is 1.79 bits per heavy atom. The molecule has 10 heteroatoms. The van der Waals surface area contributed by atoms with Gasteiger partial charge in [-0.1, -0.05) is 70.0 Å². The number of aliphatic hydroxyl groups is 1. The van der Waals surface area contributed by atoms with E-state index in [-0.39, 0.29) is 48.8 Å². The normalized spacial score (nSPS) is 27.2. The third kappa shape index (κ3) is 5.35. The predicted octanol–water partition coefficient (Wildman–Crippen LogP) is 4.91. The highest BCUT2D eigenvalue weighted by Crippen LogP contribution is 2.60. The second-order valence-corrected chi connectivity index (χ2v) is 12.9. The number of aliphatic hydroxyl groups excluding tert-OH is 1. The van der Waals surface area contributed by atoms with E-state index in [2.05, 4.69) is 29.1 Å². The monoisotopic (exact) mass is 669 g/mol. The zero-order chi connectivity index (χ0) is 30.9. The number of halogens is 2. The molecule has 2 aromatic carbocycles. The molecule has 3 heterocycles. The molecule has 0 aromatic heterocycles. The van der Waals surface area contributed by atoms with Gasteiger partial charge < -0.3 is 24.5 Å². The van der Waals surface area contributed by atoms with E-state index >= 15 is 0 Å². The first-order valence-electron chi connectivity index (χ1n) is 14.6. The number of hydrogen-bond acceptors (Lipinski definition) is 5. The number of likely N-dealkylation sites (tertiary alicyclic amines) is 1. The van der Waals surface area contributed by atoms with E-state index < -0.39 is 29.6 Å². The van der Waals surface area contributed by atoms with Crippen molar-refractivity contribution in [3.8, 4) is 0 Å². The first-order valence-corrected chi connectivity index (χ1v) is 15.9. The van der Waals surface area contributed by atoms with Crippen LogP contribution in [-0.4, -0.2) is 76.5 Å². The number of carbonyl (C=O) groups is 3. The van der Waals surface area contributed by atoms with Crippen LogP contribution in [0.5, 0.6) is 0 Å². The molecular weight excluding hydrogens is 634 g/mol. The molecule has 1 N–H and O–H groups in total. The molecule has 3 fully saturated rings. The number of aryl methyl sites for hydroxylation is 1. The average Bonchev–Trinajstić information content (AvgIpc) is 3.58. The summed E-state index contributed by atoms with van der Waals surface area (Å²) in [6, 6.07) is 13.7. The molecule has 8 nitrogen and oxygen atoms in total. The minimum atomic E-state index is -1.22. The summed E-state index contributed by atoms with van der Waals surface area (Å²) >= 11 is 10.4. The molecule has 43 heavy (non-hydrogen) atoms. The molecule has 6 atom stereocenters. The second-order valence-electron chi connectivity index (χ2n) is 11.3. The minimum Gasteiger partial charge on any atom is -0.396 e. The van der Waals surface area contributed by atoms with Gasteiger partial charge in [0.15, 0.2) is 0 Å². The molecule has 5 rings (SSSR count). The lowest BCUT2D eigenvalue weighted by atomic mass is 9.70. The molecule has 3 aliphatic heterocycles. The molecule has 3 unspecified atom stereocenters. The Kier molecular flexibility index (Phi) is 9.46. The molecule has 2 bridgehead atoms. The van der Waals surface area contributed by atoms with Crippen LogP contribution in [0.3, 0.4) is 0 Å². The fraction of sp³-hybridized carbons (Fsp3) is 0.424. The van der Waals surface area contributed by atoms with Gasteiger partial charge in [-0.2, -0.15) is 0 Å². The summed E-state index contributed by atoms with van der Waals surface area (Å²) in [6.07, 6.45) is 4.04. The fourth-order valence-electron chi connectivity index (χ4n) is 7.10. The number of nitrogens with zero attached hydrogens (tertiary/aromatic N) is 3. The smallest absolute Gasteiger partial charge is 0.253 e. The Labute approximate surface area is 266 Å². The van der Waals surface area contributed by atoms with Crippen LogP contribution >= 0.6 is 27.5 Å². The Balaban J connectivity index is 1.60. The number of fused-ring (bicyclic) bond motifs is 1. The van der Waals surface area contributed by atoms with Crippen molar-refractivity contribution < 1.29 is 24.2 Å². The lowest BCUT2D eigenvalue weighted by Crippen LogP contribution is -2.57. The average molecular weight is 671 g/mol. The third-order valence-electron chi connectivity index (χ3n) is 8.80. The highest BCUT2D eigenvalue weighted by atomic mass is 79.9. The van der Waals surface area contributed by atoms with E-state index in [0.29, 0.717) is 35.7 Å². The van der Waals surface area contributed by atoms with Gasteiger partial charge >= 0.3 is 0 Å². The van der Waals surface area contributed by atoms with Gasteiger partial charge in [0.05, 0.1) is 28.6 Å². The number of ether oxygens (including phenoxy) is 1. The van der Waals surface area contributed by atoms with Crippen LogP contribution in [0.2, 0.25) is 5.02 Å². The van der Waals surface area contributed by atoms with E-state index in [1.54, 1.807) is 32.9 Å². The molecule has 1 spiro atoms. The maximum absolute atomic E-state index is 14.8. The first kappa shape index (κ1) is 31.4. The van der Waals surface area contributed by atoms with Gasteiger partial charge in [-0.15, -0.1) is 13.2 Å². The zero-order valence-corrected chi connectivity index (χ0v) is 26.5. The summed E-state index contributed by atoms with van der Waals surface area (Å²) in [7, 11) is 0. The van der Waals surface area contributed by atoms with Gasteiger partial charge in [-0.25, -0.2) is 0 Å². The topological polar surface area (TPSA) is 90.4 Å². The van der Waals surface area contributed by atoms with Crippen molar-refractivity contribution in [1.29, 1.82) is 0 Å². The Bertz CT molecular complexity index is 1390. The lowest BCUT2D eigenvalue weighted by Gasteiger charge is -2.38. The highest BCUT2D eigenvalue weighted by molar-refractivity contribution is 9.09. The first-order chi connectivity index (χ1) is 20.7. The van der Waals surface area contributed by atoms with Crippen molar-refractivity contribution in [1.82, 2.24) is 4.90 Å². The molecular formula is C33H37BrClN3O5. The summed E-state index contributed by atoms with van der Waals surface area (Å²) in [4.78, 5) is 48.1. The van der Waals surface area contributed by atoms with Crippen molar-refractivity contribution in [3.05, 3.63) is 84.4 Å². The highest BCUT2D eigenvalue weighted by Gasteiger charge is 2.77. The quantitative estimate of drug-likeness (QED) is 0.197. The lowest BCUT2D eigenvalue weighted by molar-refractivity contribution is -0.140. The van der Waals surface area contributed by atoms with Crippen LogP contribution in [0.4, 0.5) is 11.4 Å². The minimum absolute atomic E-state index is 0.0344. The molecule has 3 aliphatic rings. The molecule has 3 amide bonds. The number of carbonyl (C=O) groups excluding carboxylic acids is 3.